The van der Waals surface area contributed by atoms with Gasteiger partial charge in [-0.1, -0.05) is 0 Å². The van der Waals surface area contributed by atoms with Crippen LogP contribution in [0.5, 0.6) is 0 Å². The second-order valence-electron chi connectivity index (χ2n) is 3.80. The van der Waals surface area contributed by atoms with E-state index in [9.17, 15) is 0 Å². The molecule has 1 nitrogen and oxygen atoms in total. The van der Waals surface area contributed by atoms with Crippen LogP contribution < -0.4 is 0 Å². The van der Waals surface area contributed by atoms with Gasteiger partial charge in [-0.25, -0.2) is 0 Å². The van der Waals surface area contributed by atoms with Crippen molar-refractivity contribution in [2.45, 2.75) is 32.7 Å². The van der Waals surface area contributed by atoms with Gasteiger partial charge in [-0.15, -0.1) is 24.8 Å². The Bertz CT molecular complexity index is 206. The van der Waals surface area contributed by atoms with Gasteiger partial charge in [0.1, 0.15) is 0 Å². The maximum atomic E-state index is 2.42. The van der Waals surface area contributed by atoms with E-state index >= 15 is 0 Å². The monoisotopic (exact) mass is 298 g/mol. The van der Waals surface area contributed by atoms with Crippen LogP contribution in [0.25, 0.3) is 0 Å². The number of hydrogen-bond acceptors (Lipinski definition) is 1. The Morgan fingerprint density at radius 2 is 1.85 bits per heavy atom. The van der Waals surface area contributed by atoms with Gasteiger partial charge in [-0.2, -0.15) is 0 Å². The van der Waals surface area contributed by atoms with Crippen molar-refractivity contribution in [1.29, 1.82) is 0 Å². The Morgan fingerprint density at radius 1 is 1.31 bits per heavy atom. The fourth-order valence-electron chi connectivity index (χ4n) is 1.03. The minimum absolute atomic E-state index is 0. The summed E-state index contributed by atoms with van der Waals surface area (Å²) < 4.78 is 2.42. The van der Waals surface area contributed by atoms with Gasteiger partial charge in [0.15, 0.2) is 0 Å². The second-order valence-corrected chi connectivity index (χ2v) is 4.90. The molecule has 75 valence electrons. The molecule has 0 N–H and O–H groups in total. The first kappa shape index (κ1) is 16.2. The zero-order valence-corrected chi connectivity index (χ0v) is 12.3. The third kappa shape index (κ3) is 4.67. The molecule has 0 amide bonds. The van der Waals surface area contributed by atoms with E-state index in [-0.39, 0.29) is 30.4 Å². The molecule has 0 fully saturated rings. The van der Waals surface area contributed by atoms with Crippen LogP contribution in [0, 0.1) is 0 Å². The SMILES string of the molecule is CC(C)(C)[N]([Zr])C1=CC=CC1.Cl.Cl. The standard InChI is InChI=1S/C9H14N.2ClH.Zr/c1-9(2,3)10-8-6-4-5-7-8;;;/h4-6H,7H2,1-3H3;2*1H;/q-1;;;+1. The van der Waals surface area contributed by atoms with E-state index in [1.54, 1.807) is 0 Å². The van der Waals surface area contributed by atoms with Crippen LogP contribution in [0.3, 0.4) is 0 Å². The van der Waals surface area contributed by atoms with E-state index in [1.165, 1.54) is 30.7 Å². The van der Waals surface area contributed by atoms with Crippen LogP contribution in [0.15, 0.2) is 23.9 Å². The molecule has 4 heteroatoms. The third-order valence-corrected chi connectivity index (χ3v) is 4.06. The molecule has 0 spiro atoms. The van der Waals surface area contributed by atoms with Crippen molar-refractivity contribution in [3.05, 3.63) is 23.9 Å². The van der Waals surface area contributed by atoms with Crippen molar-refractivity contribution in [1.82, 2.24) is 2.84 Å². The van der Waals surface area contributed by atoms with Gasteiger partial charge >= 0.3 is 84.5 Å². The number of nitrogens with zero attached hydrogens (tertiary/aromatic N) is 1. The van der Waals surface area contributed by atoms with Crippen LogP contribution >= 0.6 is 24.8 Å². The van der Waals surface area contributed by atoms with Crippen LogP contribution in [-0.4, -0.2) is 8.38 Å². The van der Waals surface area contributed by atoms with Crippen molar-refractivity contribution in [2.24, 2.45) is 0 Å². The molecule has 0 aromatic rings. The van der Waals surface area contributed by atoms with Gasteiger partial charge in [-0.05, 0) is 0 Å². The van der Waals surface area contributed by atoms with Gasteiger partial charge in [0.05, 0.1) is 0 Å². The number of allylic oxidation sites excluding steroid dienone is 3. The minimum atomic E-state index is 0. The molecule has 0 heterocycles. The average Bonchev–Trinajstić information content (AvgIpc) is 2.34. The Hall–Kier alpha value is 0.743. The fraction of sp³-hybridized carbons (Fsp3) is 0.556. The molecule has 0 saturated heterocycles. The summed E-state index contributed by atoms with van der Waals surface area (Å²) in [5, 5.41) is 0. The summed E-state index contributed by atoms with van der Waals surface area (Å²) in [5.74, 6) is 0. The predicted molar refractivity (Wildman–Crippen MR) is 57.9 cm³/mol. The van der Waals surface area contributed by atoms with Crippen molar-refractivity contribution in [3.63, 3.8) is 0 Å². The summed E-state index contributed by atoms with van der Waals surface area (Å²) in [4.78, 5) is 0. The van der Waals surface area contributed by atoms with Gasteiger partial charge < -0.3 is 0 Å². The average molecular weight is 300 g/mol. The predicted octanol–water partition coefficient (Wildman–Crippen LogP) is 3.24. The smallest absolute Gasteiger partial charge is 0.147 e. The zero-order chi connectivity index (χ0) is 8.48. The van der Waals surface area contributed by atoms with Gasteiger partial charge in [0, 0.05) is 0 Å². The number of hydrogen-bond donors (Lipinski definition) is 0. The molecular weight excluding hydrogens is 284 g/mol. The molecule has 0 aromatic heterocycles. The first-order valence-corrected chi connectivity index (χ1v) is 4.99. The molecule has 0 atom stereocenters. The fourth-order valence-corrected chi connectivity index (χ4v) is 1.44. The van der Waals surface area contributed by atoms with E-state index in [0.717, 1.165) is 6.42 Å². The number of halogens is 2. The van der Waals surface area contributed by atoms with Gasteiger partial charge in [0.2, 0.25) is 0 Å². The molecule has 0 unspecified atom stereocenters. The van der Waals surface area contributed by atoms with Crippen LogP contribution in [0.2, 0.25) is 0 Å². The van der Waals surface area contributed by atoms with Crippen molar-refractivity contribution >= 4 is 24.8 Å². The molecule has 13 heavy (non-hydrogen) atoms. The first-order chi connectivity index (χ1) is 5.02. The Kier molecular flexibility index (Phi) is 7.80. The van der Waals surface area contributed by atoms with Crippen molar-refractivity contribution in [3.8, 4) is 0 Å². The Labute approximate surface area is 109 Å². The third-order valence-electron chi connectivity index (χ3n) is 1.71. The van der Waals surface area contributed by atoms with Crippen molar-refractivity contribution in [2.75, 3.05) is 0 Å². The molecule has 0 saturated carbocycles. The zero-order valence-electron chi connectivity index (χ0n) is 8.20. The summed E-state index contributed by atoms with van der Waals surface area (Å²) >= 11 is 1.48. The summed E-state index contributed by atoms with van der Waals surface area (Å²) in [6.45, 7) is 6.75. The summed E-state index contributed by atoms with van der Waals surface area (Å²) in [6.07, 6.45) is 7.67. The minimum Gasteiger partial charge on any atom is -0.147 e. The largest absolute Gasteiger partial charge is 0.147 e. The molecule has 1 rings (SSSR count). The van der Waals surface area contributed by atoms with Crippen molar-refractivity contribution < 1.29 is 25.0 Å². The second kappa shape index (κ2) is 6.27. The summed E-state index contributed by atoms with van der Waals surface area (Å²) in [6, 6.07) is 0. The summed E-state index contributed by atoms with van der Waals surface area (Å²) in [7, 11) is 0. The van der Waals surface area contributed by atoms with E-state index in [2.05, 4.69) is 41.8 Å². The molecule has 0 bridgehead atoms. The van der Waals surface area contributed by atoms with Crippen LogP contribution in [0.4, 0.5) is 0 Å². The molecule has 0 radical (unpaired) electrons. The van der Waals surface area contributed by atoms with Crippen LogP contribution in [0.1, 0.15) is 27.2 Å². The Morgan fingerprint density at radius 3 is 2.15 bits per heavy atom. The number of rotatable bonds is 1. The maximum Gasteiger partial charge on any atom is -0.147 e. The molecule has 0 aromatic carbocycles. The Balaban J connectivity index is 0. The van der Waals surface area contributed by atoms with E-state index in [1.807, 2.05) is 0 Å². The van der Waals surface area contributed by atoms with E-state index < -0.39 is 0 Å². The van der Waals surface area contributed by atoms with Gasteiger partial charge in [0.25, 0.3) is 0 Å². The van der Waals surface area contributed by atoms with Crippen LogP contribution in [-0.2, 0) is 25.0 Å². The molecule has 1 aliphatic rings. The molecule has 1 aliphatic carbocycles. The summed E-state index contributed by atoms with van der Waals surface area (Å²) in [5.41, 5.74) is 1.74. The molecule has 0 aliphatic heterocycles. The van der Waals surface area contributed by atoms with E-state index in [0.29, 0.717) is 0 Å². The normalized spacial score (nSPS) is 14.2. The maximum absolute atomic E-state index is 2.42. The van der Waals surface area contributed by atoms with E-state index in [4.69, 9.17) is 0 Å². The topological polar surface area (TPSA) is 3.24 Å². The van der Waals surface area contributed by atoms with Gasteiger partial charge in [-0.3, -0.25) is 0 Å². The first-order valence-electron chi connectivity index (χ1n) is 3.89. The quantitative estimate of drug-likeness (QED) is 0.718. The molecular formula is C9H16Cl2NZr.